The normalized spacial score (nSPS) is 11.2. The summed E-state index contributed by atoms with van der Waals surface area (Å²) < 4.78 is 11.0. The lowest BCUT2D eigenvalue weighted by molar-refractivity contribution is 0.0697. The van der Waals surface area contributed by atoms with Crippen LogP contribution in [0.1, 0.15) is 67.6 Å². The number of unbranched alkanes of at least 4 members (excludes halogenated alkanes) is 1. The van der Waals surface area contributed by atoms with Crippen LogP contribution in [-0.2, 0) is 11.8 Å². The molecule has 0 radical (unpaired) electrons. The van der Waals surface area contributed by atoms with Crippen LogP contribution in [0.15, 0.2) is 60.7 Å². The van der Waals surface area contributed by atoms with E-state index < -0.39 is 12.1 Å². The van der Waals surface area contributed by atoms with Crippen molar-refractivity contribution in [2.45, 2.75) is 59.3 Å². The highest BCUT2D eigenvalue weighted by Crippen LogP contribution is 2.40. The van der Waals surface area contributed by atoms with E-state index in [1.807, 2.05) is 37.3 Å². The lowest BCUT2D eigenvalue weighted by Gasteiger charge is -2.23. The second kappa shape index (κ2) is 10.6. The van der Waals surface area contributed by atoms with E-state index in [2.05, 4.69) is 27.7 Å². The van der Waals surface area contributed by atoms with Gasteiger partial charge in [-0.05, 0) is 66.1 Å². The summed E-state index contributed by atoms with van der Waals surface area (Å²) in [6, 6.07) is 18.0. The average molecular weight is 461 g/mol. The molecule has 0 atom stereocenters. The highest BCUT2D eigenvalue weighted by atomic mass is 16.7. The first-order chi connectivity index (χ1) is 16.1. The van der Waals surface area contributed by atoms with Gasteiger partial charge >= 0.3 is 12.1 Å². The van der Waals surface area contributed by atoms with Crippen molar-refractivity contribution in [1.29, 1.82) is 0 Å². The van der Waals surface area contributed by atoms with E-state index in [0.717, 1.165) is 36.0 Å². The predicted octanol–water partition coefficient (Wildman–Crippen LogP) is 7.58. The van der Waals surface area contributed by atoms with Crippen molar-refractivity contribution in [3.63, 3.8) is 0 Å². The average Bonchev–Trinajstić information content (AvgIpc) is 2.78. The number of aryl methyl sites for hydroxylation is 2. The molecule has 0 amide bonds. The largest absolute Gasteiger partial charge is 0.519 e. The Kier molecular flexibility index (Phi) is 7.77. The highest BCUT2D eigenvalue weighted by molar-refractivity contribution is 5.97. The summed E-state index contributed by atoms with van der Waals surface area (Å²) in [4.78, 5) is 24.8. The van der Waals surface area contributed by atoms with Gasteiger partial charge in [0.2, 0.25) is 0 Å². The molecule has 5 heteroatoms. The Bertz CT molecular complexity index is 1170. The van der Waals surface area contributed by atoms with Crippen molar-refractivity contribution in [1.82, 2.24) is 0 Å². The summed E-state index contributed by atoms with van der Waals surface area (Å²) >= 11 is 0. The molecule has 1 N–H and O–H groups in total. The molecule has 0 heterocycles. The second-order valence-corrected chi connectivity index (χ2v) is 9.48. The van der Waals surface area contributed by atoms with Crippen LogP contribution in [0.4, 0.5) is 4.79 Å². The minimum Gasteiger partial charge on any atom is -0.478 e. The first-order valence-corrected chi connectivity index (χ1v) is 11.6. The molecule has 0 spiro atoms. The molecule has 178 valence electrons. The third-order valence-electron chi connectivity index (χ3n) is 5.69. The minimum absolute atomic E-state index is 0.159. The van der Waals surface area contributed by atoms with Crippen molar-refractivity contribution in [3.8, 4) is 22.6 Å². The van der Waals surface area contributed by atoms with Gasteiger partial charge < -0.3 is 14.6 Å². The zero-order chi connectivity index (χ0) is 24.9. The molecule has 0 fully saturated rings. The van der Waals surface area contributed by atoms with E-state index in [9.17, 15) is 14.7 Å². The maximum absolute atomic E-state index is 12.7. The van der Waals surface area contributed by atoms with Crippen LogP contribution < -0.4 is 9.47 Å². The van der Waals surface area contributed by atoms with Crippen LogP contribution in [0.3, 0.4) is 0 Å². The lowest BCUT2D eigenvalue weighted by Crippen LogP contribution is -2.17. The van der Waals surface area contributed by atoms with Gasteiger partial charge in [0.05, 0.1) is 5.56 Å². The van der Waals surface area contributed by atoms with E-state index in [1.165, 1.54) is 0 Å². The number of para-hydroxylation sites is 1. The van der Waals surface area contributed by atoms with Crippen LogP contribution in [0.2, 0.25) is 0 Å². The Hall–Kier alpha value is -3.60. The van der Waals surface area contributed by atoms with Crippen LogP contribution >= 0.6 is 0 Å². The molecular formula is C29H32O5. The minimum atomic E-state index is -1.03. The molecule has 0 aliphatic heterocycles. The molecule has 3 aromatic rings. The van der Waals surface area contributed by atoms with Crippen LogP contribution in [-0.4, -0.2) is 17.2 Å². The van der Waals surface area contributed by atoms with Crippen LogP contribution in [0.5, 0.6) is 11.5 Å². The molecule has 0 aliphatic carbocycles. The topological polar surface area (TPSA) is 72.8 Å². The fraction of sp³-hybridized carbons (Fsp3) is 0.310. The van der Waals surface area contributed by atoms with Crippen molar-refractivity contribution in [3.05, 3.63) is 82.9 Å². The molecule has 0 aromatic heterocycles. The van der Waals surface area contributed by atoms with Gasteiger partial charge in [0.15, 0.2) is 0 Å². The van der Waals surface area contributed by atoms with Crippen molar-refractivity contribution >= 4 is 12.1 Å². The van der Waals surface area contributed by atoms with E-state index >= 15 is 0 Å². The summed E-state index contributed by atoms with van der Waals surface area (Å²) in [5, 5.41) is 9.93. The van der Waals surface area contributed by atoms with E-state index in [1.54, 1.807) is 30.3 Å². The third kappa shape index (κ3) is 6.04. The summed E-state index contributed by atoms with van der Waals surface area (Å²) in [7, 11) is 0. The number of carbonyl (C=O) groups is 2. The first-order valence-electron chi connectivity index (χ1n) is 11.6. The molecule has 0 aliphatic rings. The first kappa shape index (κ1) is 25.0. The van der Waals surface area contributed by atoms with Gasteiger partial charge in [-0.1, -0.05) is 70.5 Å². The number of benzene rings is 3. The summed E-state index contributed by atoms with van der Waals surface area (Å²) in [5.74, 6) is -0.372. The Morgan fingerprint density at radius 2 is 1.62 bits per heavy atom. The Morgan fingerprint density at radius 1 is 0.912 bits per heavy atom. The molecule has 0 saturated heterocycles. The van der Waals surface area contributed by atoms with Crippen molar-refractivity contribution < 1.29 is 24.2 Å². The number of ether oxygens (including phenoxy) is 2. The number of carboxylic acid groups (broad SMARTS) is 1. The smallest absolute Gasteiger partial charge is 0.478 e. The van der Waals surface area contributed by atoms with Gasteiger partial charge in [-0.2, -0.15) is 0 Å². The Balaban J connectivity index is 2.15. The standard InChI is InChI=1S/C29H32O5/c1-6-7-11-20-14-15-23(27(30)31)24(17-20)25-18-21(29(3,4)5)16-19(2)26(25)34-28(32)33-22-12-9-8-10-13-22/h8-10,12-18H,6-7,11H2,1-5H3,(H,30,31). The van der Waals surface area contributed by atoms with Gasteiger partial charge in [0.25, 0.3) is 0 Å². The number of carboxylic acids is 1. The van der Waals surface area contributed by atoms with Crippen molar-refractivity contribution in [2.24, 2.45) is 0 Å². The second-order valence-electron chi connectivity index (χ2n) is 9.48. The molecule has 34 heavy (non-hydrogen) atoms. The number of aromatic carboxylic acids is 1. The lowest BCUT2D eigenvalue weighted by atomic mass is 9.83. The van der Waals surface area contributed by atoms with E-state index in [-0.39, 0.29) is 11.0 Å². The maximum atomic E-state index is 12.7. The van der Waals surface area contributed by atoms with Crippen molar-refractivity contribution in [2.75, 3.05) is 0 Å². The number of carbonyl (C=O) groups excluding carboxylic acids is 1. The predicted molar refractivity (Wildman–Crippen MR) is 134 cm³/mol. The molecular weight excluding hydrogens is 428 g/mol. The Morgan fingerprint density at radius 3 is 2.24 bits per heavy atom. The zero-order valence-corrected chi connectivity index (χ0v) is 20.5. The quantitative estimate of drug-likeness (QED) is 0.291. The third-order valence-corrected chi connectivity index (χ3v) is 5.69. The van der Waals surface area contributed by atoms with E-state index in [0.29, 0.717) is 22.6 Å². The molecule has 3 aromatic carbocycles. The SMILES string of the molecule is CCCCc1ccc(C(=O)O)c(-c2cc(C(C)(C)C)cc(C)c2OC(=O)Oc2ccccc2)c1. The van der Waals surface area contributed by atoms with Gasteiger partial charge in [-0.25, -0.2) is 9.59 Å². The van der Waals surface area contributed by atoms with Crippen LogP contribution in [0.25, 0.3) is 11.1 Å². The fourth-order valence-corrected chi connectivity index (χ4v) is 3.77. The number of hydrogen-bond acceptors (Lipinski definition) is 4. The zero-order valence-electron chi connectivity index (χ0n) is 20.5. The molecule has 5 nitrogen and oxygen atoms in total. The summed E-state index contributed by atoms with van der Waals surface area (Å²) in [6.45, 7) is 10.2. The van der Waals surface area contributed by atoms with E-state index in [4.69, 9.17) is 9.47 Å². The Labute approximate surface area is 201 Å². The molecule has 0 bridgehead atoms. The van der Waals surface area contributed by atoms with Gasteiger partial charge in [-0.15, -0.1) is 0 Å². The molecule has 0 unspecified atom stereocenters. The number of hydrogen-bond donors (Lipinski definition) is 1. The molecule has 0 saturated carbocycles. The summed E-state index contributed by atoms with van der Waals surface area (Å²) in [5.41, 5.74) is 3.84. The monoisotopic (exact) mass is 460 g/mol. The fourth-order valence-electron chi connectivity index (χ4n) is 3.77. The van der Waals surface area contributed by atoms with Crippen LogP contribution in [0, 0.1) is 6.92 Å². The van der Waals surface area contributed by atoms with Gasteiger partial charge in [0, 0.05) is 11.1 Å². The maximum Gasteiger partial charge on any atom is 0.519 e. The number of rotatable bonds is 7. The molecule has 3 rings (SSSR count). The van der Waals surface area contributed by atoms with Gasteiger partial charge in [-0.3, -0.25) is 0 Å². The summed E-state index contributed by atoms with van der Waals surface area (Å²) in [6.07, 6.45) is 2.00. The van der Waals surface area contributed by atoms with Gasteiger partial charge in [0.1, 0.15) is 11.5 Å². The highest BCUT2D eigenvalue weighted by Gasteiger charge is 2.24.